The Kier molecular flexibility index (Phi) is 6.96. The standard InChI is InChI=1S/C18H32N4O/c1-5-6-11-21(4)18(19-3)20-14-16(22-12-7-8-13-22)17-10-9-15(2)23-17/h9-10,16H,5-8,11-14H2,1-4H3,(H,19,20). The Hall–Kier alpha value is -1.49. The maximum absolute atomic E-state index is 5.91. The van der Waals surface area contributed by atoms with Crippen LogP contribution in [0.2, 0.25) is 0 Å². The van der Waals surface area contributed by atoms with Gasteiger partial charge in [0.05, 0.1) is 6.04 Å². The van der Waals surface area contributed by atoms with Crippen LogP contribution in [0.25, 0.3) is 0 Å². The zero-order valence-electron chi connectivity index (χ0n) is 15.1. The average molecular weight is 320 g/mol. The van der Waals surface area contributed by atoms with Crippen LogP contribution in [-0.4, -0.2) is 56.0 Å². The van der Waals surface area contributed by atoms with Gasteiger partial charge in [-0.05, 0) is 51.4 Å². The Bertz CT molecular complexity index is 491. The van der Waals surface area contributed by atoms with Crippen molar-refractivity contribution in [3.8, 4) is 0 Å². The van der Waals surface area contributed by atoms with Crippen LogP contribution in [0.1, 0.15) is 50.2 Å². The molecule has 0 saturated carbocycles. The van der Waals surface area contributed by atoms with E-state index in [9.17, 15) is 0 Å². The van der Waals surface area contributed by atoms with E-state index in [1.165, 1.54) is 25.7 Å². The van der Waals surface area contributed by atoms with E-state index in [2.05, 4.69) is 46.2 Å². The van der Waals surface area contributed by atoms with Gasteiger partial charge < -0.3 is 14.6 Å². The van der Waals surface area contributed by atoms with Crippen molar-refractivity contribution < 1.29 is 4.42 Å². The van der Waals surface area contributed by atoms with Gasteiger partial charge >= 0.3 is 0 Å². The van der Waals surface area contributed by atoms with Crippen molar-refractivity contribution in [3.05, 3.63) is 23.7 Å². The van der Waals surface area contributed by atoms with Gasteiger partial charge in [-0.3, -0.25) is 9.89 Å². The van der Waals surface area contributed by atoms with Gasteiger partial charge in [-0.25, -0.2) is 0 Å². The molecule has 0 radical (unpaired) electrons. The Labute approximate surface area is 140 Å². The summed E-state index contributed by atoms with van der Waals surface area (Å²) in [7, 11) is 3.96. The molecule has 2 heterocycles. The minimum atomic E-state index is 0.280. The normalized spacial score (nSPS) is 17.5. The number of guanidine groups is 1. The summed E-state index contributed by atoms with van der Waals surface area (Å²) in [4.78, 5) is 9.15. The first kappa shape index (κ1) is 17.9. The van der Waals surface area contributed by atoms with E-state index in [1.54, 1.807) is 0 Å². The van der Waals surface area contributed by atoms with Gasteiger partial charge in [0, 0.05) is 27.2 Å². The number of aryl methyl sites for hydroxylation is 1. The molecule has 1 unspecified atom stereocenters. The average Bonchev–Trinajstić information content (AvgIpc) is 3.21. The minimum Gasteiger partial charge on any atom is -0.465 e. The van der Waals surface area contributed by atoms with Crippen molar-refractivity contribution in [1.82, 2.24) is 15.1 Å². The first-order chi connectivity index (χ1) is 11.2. The monoisotopic (exact) mass is 320 g/mol. The molecule has 1 fully saturated rings. The largest absolute Gasteiger partial charge is 0.465 e. The van der Waals surface area contributed by atoms with E-state index < -0.39 is 0 Å². The zero-order chi connectivity index (χ0) is 16.7. The summed E-state index contributed by atoms with van der Waals surface area (Å²) in [5.74, 6) is 3.00. The first-order valence-corrected chi connectivity index (χ1v) is 8.88. The molecule has 1 aromatic heterocycles. The topological polar surface area (TPSA) is 44.0 Å². The first-order valence-electron chi connectivity index (χ1n) is 8.88. The highest BCUT2D eigenvalue weighted by atomic mass is 16.3. The molecule has 0 aliphatic carbocycles. The summed E-state index contributed by atoms with van der Waals surface area (Å²) in [6.07, 6.45) is 4.94. The number of nitrogens with zero attached hydrogens (tertiary/aromatic N) is 3. The molecule has 1 aliphatic rings. The maximum atomic E-state index is 5.91. The molecule has 1 N–H and O–H groups in total. The van der Waals surface area contributed by atoms with Crippen LogP contribution >= 0.6 is 0 Å². The molecule has 0 spiro atoms. The number of rotatable bonds is 7. The van der Waals surface area contributed by atoms with Crippen molar-refractivity contribution in [1.29, 1.82) is 0 Å². The van der Waals surface area contributed by atoms with Crippen LogP contribution in [0.5, 0.6) is 0 Å². The van der Waals surface area contributed by atoms with Gasteiger partial charge in [0.1, 0.15) is 11.5 Å². The fourth-order valence-electron chi connectivity index (χ4n) is 3.17. The molecule has 0 amide bonds. The summed E-state index contributed by atoms with van der Waals surface area (Å²) < 4.78 is 5.91. The van der Waals surface area contributed by atoms with E-state index in [0.717, 1.165) is 43.7 Å². The van der Waals surface area contributed by atoms with E-state index >= 15 is 0 Å². The molecular formula is C18H32N4O. The quantitative estimate of drug-likeness (QED) is 0.619. The summed E-state index contributed by atoms with van der Waals surface area (Å²) in [5, 5.41) is 3.54. The lowest BCUT2D eigenvalue weighted by Gasteiger charge is -2.28. The Morgan fingerprint density at radius 2 is 2.13 bits per heavy atom. The van der Waals surface area contributed by atoms with Crippen LogP contribution in [-0.2, 0) is 0 Å². The molecule has 0 aromatic carbocycles. The third-order valence-corrected chi connectivity index (χ3v) is 4.54. The summed E-state index contributed by atoms with van der Waals surface area (Å²) in [6, 6.07) is 4.45. The van der Waals surface area contributed by atoms with Crippen molar-refractivity contribution in [3.63, 3.8) is 0 Å². The van der Waals surface area contributed by atoms with Gasteiger partial charge in [-0.2, -0.15) is 0 Å². The number of furan rings is 1. The zero-order valence-corrected chi connectivity index (χ0v) is 15.1. The fourth-order valence-corrected chi connectivity index (χ4v) is 3.17. The van der Waals surface area contributed by atoms with E-state index in [1.807, 2.05) is 14.0 Å². The van der Waals surface area contributed by atoms with Gasteiger partial charge in [-0.15, -0.1) is 0 Å². The van der Waals surface area contributed by atoms with Crippen molar-refractivity contribution in [2.75, 3.05) is 40.3 Å². The lowest BCUT2D eigenvalue weighted by molar-refractivity contribution is 0.212. The highest BCUT2D eigenvalue weighted by molar-refractivity contribution is 5.79. The second-order valence-corrected chi connectivity index (χ2v) is 6.41. The van der Waals surface area contributed by atoms with E-state index in [4.69, 9.17) is 4.42 Å². The maximum Gasteiger partial charge on any atom is 0.193 e. The number of likely N-dealkylation sites (tertiary alicyclic amines) is 1. The van der Waals surface area contributed by atoms with Gasteiger partial charge in [0.25, 0.3) is 0 Å². The molecule has 1 atom stereocenters. The van der Waals surface area contributed by atoms with Crippen LogP contribution in [0.3, 0.4) is 0 Å². The Morgan fingerprint density at radius 3 is 2.70 bits per heavy atom. The van der Waals surface area contributed by atoms with Crippen LogP contribution in [0.4, 0.5) is 0 Å². The SMILES string of the molecule is CCCCN(C)C(=NC)NCC(c1ccc(C)o1)N1CCCC1. The predicted octanol–water partition coefficient (Wildman–Crippen LogP) is 3.03. The number of unbranched alkanes of at least 4 members (excludes halogenated alkanes) is 1. The predicted molar refractivity (Wildman–Crippen MR) is 95.9 cm³/mol. The molecule has 5 nitrogen and oxygen atoms in total. The Morgan fingerprint density at radius 1 is 1.39 bits per heavy atom. The van der Waals surface area contributed by atoms with E-state index in [-0.39, 0.29) is 6.04 Å². The van der Waals surface area contributed by atoms with Gasteiger partial charge in [0.2, 0.25) is 0 Å². The minimum absolute atomic E-state index is 0.280. The summed E-state index contributed by atoms with van der Waals surface area (Å²) in [5.41, 5.74) is 0. The molecular weight excluding hydrogens is 288 g/mol. The van der Waals surface area contributed by atoms with Crippen LogP contribution in [0.15, 0.2) is 21.5 Å². The van der Waals surface area contributed by atoms with Crippen molar-refractivity contribution in [2.45, 2.75) is 45.6 Å². The van der Waals surface area contributed by atoms with E-state index in [0.29, 0.717) is 0 Å². The van der Waals surface area contributed by atoms with Crippen LogP contribution < -0.4 is 5.32 Å². The molecule has 1 aliphatic heterocycles. The molecule has 23 heavy (non-hydrogen) atoms. The third-order valence-electron chi connectivity index (χ3n) is 4.54. The van der Waals surface area contributed by atoms with Crippen molar-refractivity contribution in [2.24, 2.45) is 4.99 Å². The highest BCUT2D eigenvalue weighted by Gasteiger charge is 2.26. The number of nitrogens with one attached hydrogen (secondary N) is 1. The number of hydrogen-bond donors (Lipinski definition) is 1. The lowest BCUT2D eigenvalue weighted by Crippen LogP contribution is -2.43. The second-order valence-electron chi connectivity index (χ2n) is 6.41. The molecule has 2 rings (SSSR count). The lowest BCUT2D eigenvalue weighted by atomic mass is 10.2. The Balaban J connectivity index is 1.99. The second kappa shape index (κ2) is 8.96. The molecule has 130 valence electrons. The van der Waals surface area contributed by atoms with Crippen LogP contribution in [0, 0.1) is 6.92 Å². The molecule has 1 aromatic rings. The van der Waals surface area contributed by atoms with Gasteiger partial charge in [-0.1, -0.05) is 13.3 Å². The highest BCUT2D eigenvalue weighted by Crippen LogP contribution is 2.26. The van der Waals surface area contributed by atoms with Gasteiger partial charge in [0.15, 0.2) is 5.96 Å². The molecule has 0 bridgehead atoms. The molecule has 5 heteroatoms. The number of aliphatic imine (C=N–C) groups is 1. The summed E-state index contributed by atoms with van der Waals surface area (Å²) in [6.45, 7) is 8.38. The smallest absolute Gasteiger partial charge is 0.193 e. The fraction of sp³-hybridized carbons (Fsp3) is 0.722. The summed E-state index contributed by atoms with van der Waals surface area (Å²) >= 11 is 0. The van der Waals surface area contributed by atoms with Crippen molar-refractivity contribution >= 4 is 5.96 Å². The third kappa shape index (κ3) is 4.99. The number of hydrogen-bond acceptors (Lipinski definition) is 3. The molecule has 1 saturated heterocycles.